The van der Waals surface area contributed by atoms with Crippen molar-refractivity contribution in [3.63, 3.8) is 0 Å². The summed E-state index contributed by atoms with van der Waals surface area (Å²) in [4.78, 5) is 8.04. The number of nitrogens with one attached hydrogen (secondary N) is 1. The largest absolute Gasteiger partial charge is 0.355 e. The maximum absolute atomic E-state index is 11.8. The zero-order valence-corrected chi connectivity index (χ0v) is 12.0. The van der Waals surface area contributed by atoms with Gasteiger partial charge in [-0.1, -0.05) is 46.3 Å². The minimum atomic E-state index is -4.78. The van der Waals surface area contributed by atoms with E-state index < -0.39 is 26.1 Å². The van der Waals surface area contributed by atoms with Gasteiger partial charge in [-0.05, 0) is 12.5 Å². The highest BCUT2D eigenvalue weighted by Gasteiger charge is 2.66. The number of hydrazine groups is 1. The molecule has 2 unspecified atom stereocenters. The first-order valence-electron chi connectivity index (χ1n) is 5.14. The lowest BCUT2D eigenvalue weighted by Gasteiger charge is -2.34. The molecule has 104 valence electrons. The Balaban J connectivity index is 2.70. The molecule has 0 radical (unpaired) electrons. The normalized spacial score (nSPS) is 32.3. The smallest absolute Gasteiger partial charge is 0.272 e. The number of hydrogen-bond donors (Lipinski definition) is 2. The number of carbonyl (C=O) groups excluding carboxylic acids is 1. The molecule has 1 fully saturated rings. The highest BCUT2D eigenvalue weighted by molar-refractivity contribution is 7.83. The van der Waals surface area contributed by atoms with Crippen LogP contribution < -0.4 is 5.43 Å². The minimum absolute atomic E-state index is 0.255. The standard InChI is InChI=1S/C10H10Cl2N2O4S/c1-9(11)8(15)13-14(19(16,17)18)10(9,12)7-5-3-2-4-6-7/h2-6H,1H3,(H,13,15)(H,16,17,18). The molecule has 1 heterocycles. The van der Waals surface area contributed by atoms with Crippen LogP contribution in [-0.4, -0.2) is 28.2 Å². The summed E-state index contributed by atoms with van der Waals surface area (Å²) >= 11 is 12.4. The van der Waals surface area contributed by atoms with Crippen LogP contribution >= 0.6 is 23.2 Å². The molecule has 1 aromatic rings. The van der Waals surface area contributed by atoms with Gasteiger partial charge in [0.1, 0.15) is 0 Å². The number of rotatable bonds is 2. The summed E-state index contributed by atoms with van der Waals surface area (Å²) in [6, 6.07) is 7.92. The Morgan fingerprint density at radius 1 is 1.26 bits per heavy atom. The average Bonchev–Trinajstić information content (AvgIpc) is 2.51. The Kier molecular flexibility index (Phi) is 3.31. The molecular formula is C10H10Cl2N2O4S. The Hall–Kier alpha value is -0.860. The zero-order valence-electron chi connectivity index (χ0n) is 9.67. The molecule has 2 atom stereocenters. The van der Waals surface area contributed by atoms with Crippen LogP contribution in [0.1, 0.15) is 12.5 Å². The van der Waals surface area contributed by atoms with E-state index in [0.717, 1.165) is 0 Å². The molecule has 2 N–H and O–H groups in total. The Morgan fingerprint density at radius 3 is 2.26 bits per heavy atom. The second-order valence-electron chi connectivity index (χ2n) is 4.17. The van der Waals surface area contributed by atoms with Crippen LogP contribution in [0.2, 0.25) is 0 Å². The molecule has 0 spiro atoms. The molecule has 1 aliphatic heterocycles. The van der Waals surface area contributed by atoms with Crippen molar-refractivity contribution in [3.05, 3.63) is 35.9 Å². The molecule has 0 aliphatic carbocycles. The summed E-state index contributed by atoms with van der Waals surface area (Å²) in [5.74, 6) is -0.828. The Morgan fingerprint density at radius 2 is 1.79 bits per heavy atom. The Labute approximate surface area is 120 Å². The summed E-state index contributed by atoms with van der Waals surface area (Å²) in [5.41, 5.74) is 2.22. The average molecular weight is 325 g/mol. The van der Waals surface area contributed by atoms with Crippen LogP contribution in [0, 0.1) is 0 Å². The van der Waals surface area contributed by atoms with Gasteiger partial charge in [-0.15, -0.1) is 11.6 Å². The SMILES string of the molecule is CC1(Cl)C(=O)NN(S(=O)(=O)O)C1(Cl)c1ccccc1. The van der Waals surface area contributed by atoms with Gasteiger partial charge in [-0.3, -0.25) is 14.8 Å². The molecule has 1 amide bonds. The lowest BCUT2D eigenvalue weighted by atomic mass is 9.94. The van der Waals surface area contributed by atoms with Gasteiger partial charge < -0.3 is 0 Å². The van der Waals surface area contributed by atoms with Gasteiger partial charge in [0.2, 0.25) is 0 Å². The van der Waals surface area contributed by atoms with E-state index in [1.165, 1.54) is 19.1 Å². The summed E-state index contributed by atoms with van der Waals surface area (Å²) in [5, 5.41) is 0. The van der Waals surface area contributed by atoms with Gasteiger partial charge in [-0.25, -0.2) is 0 Å². The minimum Gasteiger partial charge on any atom is -0.272 e. The van der Waals surface area contributed by atoms with E-state index in [0.29, 0.717) is 0 Å². The van der Waals surface area contributed by atoms with Crippen molar-refractivity contribution in [2.24, 2.45) is 0 Å². The number of amides is 1. The number of alkyl halides is 2. The van der Waals surface area contributed by atoms with E-state index in [2.05, 4.69) is 0 Å². The van der Waals surface area contributed by atoms with Crippen LogP contribution in [0.25, 0.3) is 0 Å². The second-order valence-corrected chi connectivity index (χ2v) is 6.74. The van der Waals surface area contributed by atoms with E-state index in [1.807, 2.05) is 5.43 Å². The third-order valence-corrected chi connectivity index (χ3v) is 5.15. The molecule has 1 aliphatic rings. The van der Waals surface area contributed by atoms with Crippen molar-refractivity contribution in [2.45, 2.75) is 16.8 Å². The van der Waals surface area contributed by atoms with Crippen LogP contribution in [0.3, 0.4) is 0 Å². The van der Waals surface area contributed by atoms with Crippen LogP contribution in [0.4, 0.5) is 0 Å². The zero-order chi connectivity index (χ0) is 14.5. The fourth-order valence-corrected chi connectivity index (χ4v) is 3.49. The Bertz CT molecular complexity index is 620. The van der Waals surface area contributed by atoms with Crippen LogP contribution in [0.5, 0.6) is 0 Å². The highest BCUT2D eigenvalue weighted by Crippen LogP contribution is 2.50. The van der Waals surface area contributed by atoms with E-state index in [9.17, 15) is 17.8 Å². The lowest BCUT2D eigenvalue weighted by molar-refractivity contribution is -0.122. The van der Waals surface area contributed by atoms with Crippen molar-refractivity contribution in [1.82, 2.24) is 9.84 Å². The van der Waals surface area contributed by atoms with Crippen molar-refractivity contribution in [3.8, 4) is 0 Å². The van der Waals surface area contributed by atoms with Gasteiger partial charge >= 0.3 is 10.3 Å². The van der Waals surface area contributed by atoms with E-state index in [-0.39, 0.29) is 9.98 Å². The van der Waals surface area contributed by atoms with E-state index in [1.54, 1.807) is 18.2 Å². The fraction of sp³-hybridized carbons (Fsp3) is 0.300. The molecule has 0 saturated carbocycles. The number of benzene rings is 1. The number of nitrogens with zero attached hydrogens (tertiary/aromatic N) is 1. The highest BCUT2D eigenvalue weighted by atomic mass is 35.5. The summed E-state index contributed by atoms with van der Waals surface area (Å²) in [7, 11) is -4.78. The fourth-order valence-electron chi connectivity index (χ4n) is 1.88. The lowest BCUT2D eigenvalue weighted by Crippen LogP contribution is -2.51. The molecule has 1 saturated heterocycles. The molecule has 1 aromatic carbocycles. The first-order chi connectivity index (χ1) is 8.62. The van der Waals surface area contributed by atoms with Gasteiger partial charge in [-0.2, -0.15) is 8.42 Å². The molecule has 0 bridgehead atoms. The maximum Gasteiger partial charge on any atom is 0.355 e. The summed E-state index contributed by atoms with van der Waals surface area (Å²) in [6.07, 6.45) is 0. The molecule has 0 aromatic heterocycles. The third kappa shape index (κ3) is 2.02. The molecule has 19 heavy (non-hydrogen) atoms. The van der Waals surface area contributed by atoms with Crippen molar-refractivity contribution >= 4 is 39.4 Å². The van der Waals surface area contributed by atoms with Crippen LogP contribution in [0.15, 0.2) is 30.3 Å². The van der Waals surface area contributed by atoms with Crippen molar-refractivity contribution in [2.75, 3.05) is 0 Å². The van der Waals surface area contributed by atoms with Gasteiger partial charge in [0, 0.05) is 0 Å². The first kappa shape index (κ1) is 14.5. The number of hydrogen-bond acceptors (Lipinski definition) is 3. The predicted molar refractivity (Wildman–Crippen MR) is 69.8 cm³/mol. The van der Waals surface area contributed by atoms with Gasteiger partial charge in [0.05, 0.1) is 0 Å². The number of halogens is 2. The predicted octanol–water partition coefficient (Wildman–Crippen LogP) is 1.23. The molecular weight excluding hydrogens is 315 g/mol. The third-order valence-electron chi connectivity index (χ3n) is 2.92. The molecule has 9 heteroatoms. The first-order valence-corrected chi connectivity index (χ1v) is 7.29. The molecule has 2 rings (SSSR count). The monoisotopic (exact) mass is 324 g/mol. The topological polar surface area (TPSA) is 86.7 Å². The second kappa shape index (κ2) is 4.32. The number of carbonyl (C=O) groups is 1. The summed E-state index contributed by atoms with van der Waals surface area (Å²) < 4.78 is 32.2. The van der Waals surface area contributed by atoms with Crippen molar-refractivity contribution in [1.29, 1.82) is 0 Å². The quantitative estimate of drug-likeness (QED) is 0.486. The summed E-state index contributed by atoms with van der Waals surface area (Å²) in [6.45, 7) is 1.27. The van der Waals surface area contributed by atoms with Crippen LogP contribution in [-0.2, 0) is 20.1 Å². The van der Waals surface area contributed by atoms with Gasteiger partial charge in [0.25, 0.3) is 5.91 Å². The van der Waals surface area contributed by atoms with Crippen molar-refractivity contribution < 1.29 is 17.8 Å². The van der Waals surface area contributed by atoms with E-state index in [4.69, 9.17) is 23.2 Å². The van der Waals surface area contributed by atoms with Gasteiger partial charge in [0.15, 0.2) is 9.87 Å². The molecule has 6 nitrogen and oxygen atoms in total. The van der Waals surface area contributed by atoms with E-state index >= 15 is 0 Å². The maximum atomic E-state index is 11.8.